The van der Waals surface area contributed by atoms with E-state index in [1.54, 1.807) is 18.2 Å². The molecule has 0 aromatic heterocycles. The van der Waals surface area contributed by atoms with Crippen molar-refractivity contribution in [1.29, 1.82) is 0 Å². The third-order valence-electron chi connectivity index (χ3n) is 3.42. The summed E-state index contributed by atoms with van der Waals surface area (Å²) in [5, 5.41) is 16.1. The molecule has 1 aliphatic heterocycles. The topological polar surface area (TPSA) is 103 Å². The van der Waals surface area contributed by atoms with E-state index >= 15 is 0 Å². The molecule has 0 atom stereocenters. The second-order valence-electron chi connectivity index (χ2n) is 5.18. The quantitative estimate of drug-likeness (QED) is 0.636. The van der Waals surface area contributed by atoms with Crippen LogP contribution in [0.2, 0.25) is 0 Å². The summed E-state index contributed by atoms with van der Waals surface area (Å²) < 4.78 is 24.1. The van der Waals surface area contributed by atoms with Gasteiger partial charge in [0.25, 0.3) is 0 Å². The zero-order valence-electron chi connectivity index (χ0n) is 13.0. The van der Waals surface area contributed by atoms with Crippen molar-refractivity contribution >= 4 is 23.0 Å². The summed E-state index contributed by atoms with van der Waals surface area (Å²) in [7, 11) is 0. The van der Waals surface area contributed by atoms with Crippen molar-refractivity contribution in [2.45, 2.75) is 0 Å². The second kappa shape index (κ2) is 7.04. The van der Waals surface area contributed by atoms with E-state index < -0.39 is 16.4 Å². The number of hydrogen-bond donors (Lipinski definition) is 2. The van der Waals surface area contributed by atoms with Crippen LogP contribution in [0.5, 0.6) is 11.5 Å². The van der Waals surface area contributed by atoms with Crippen molar-refractivity contribution in [1.82, 2.24) is 0 Å². The number of nitrogens with one attached hydrogen (secondary N) is 2. The maximum absolute atomic E-state index is 13.3. The molecule has 2 aromatic carbocycles. The fourth-order valence-corrected chi connectivity index (χ4v) is 2.27. The van der Waals surface area contributed by atoms with Gasteiger partial charge in [0.1, 0.15) is 13.2 Å². The normalized spacial score (nSPS) is 12.4. The molecule has 9 heteroatoms. The Balaban J connectivity index is 1.60. The molecule has 25 heavy (non-hydrogen) atoms. The molecule has 2 aromatic rings. The van der Waals surface area contributed by atoms with E-state index in [2.05, 4.69) is 10.6 Å². The number of nitro groups is 1. The van der Waals surface area contributed by atoms with Gasteiger partial charge >= 0.3 is 5.69 Å². The Morgan fingerprint density at radius 2 is 1.84 bits per heavy atom. The van der Waals surface area contributed by atoms with Crippen molar-refractivity contribution in [3.63, 3.8) is 0 Å². The number of nitro benzene ring substituents is 1. The summed E-state index contributed by atoms with van der Waals surface area (Å²) in [5.74, 6) is -0.146. The number of amides is 1. The number of fused-ring (bicyclic) bond motifs is 1. The molecule has 130 valence electrons. The van der Waals surface area contributed by atoms with Crippen LogP contribution in [0, 0.1) is 15.9 Å². The number of benzene rings is 2. The lowest BCUT2D eigenvalue weighted by molar-refractivity contribution is -0.387. The molecule has 3 rings (SSSR count). The Labute approximate surface area is 141 Å². The van der Waals surface area contributed by atoms with E-state index in [1.165, 1.54) is 6.07 Å². The van der Waals surface area contributed by atoms with Crippen LogP contribution in [-0.4, -0.2) is 30.6 Å². The van der Waals surface area contributed by atoms with Crippen LogP contribution in [0.4, 0.5) is 21.5 Å². The molecule has 0 unspecified atom stereocenters. The third kappa shape index (κ3) is 3.94. The van der Waals surface area contributed by atoms with E-state index in [9.17, 15) is 19.3 Å². The molecule has 0 aliphatic carbocycles. The van der Waals surface area contributed by atoms with Gasteiger partial charge in [-0.3, -0.25) is 14.9 Å². The summed E-state index contributed by atoms with van der Waals surface area (Å²) >= 11 is 0. The van der Waals surface area contributed by atoms with Crippen LogP contribution < -0.4 is 20.1 Å². The predicted molar refractivity (Wildman–Crippen MR) is 87.6 cm³/mol. The summed E-state index contributed by atoms with van der Waals surface area (Å²) in [5.41, 5.74) is 0.142. The standard InChI is InChI=1S/C16H14FN3O5/c17-12-3-1-10(7-13(12)20(22)23)18-9-16(21)19-11-2-4-14-15(8-11)25-6-5-24-14/h1-4,7-8,18H,5-6,9H2,(H,19,21). The lowest BCUT2D eigenvalue weighted by Gasteiger charge is -2.19. The van der Waals surface area contributed by atoms with Crippen LogP contribution in [0.15, 0.2) is 36.4 Å². The number of halogens is 1. The fourth-order valence-electron chi connectivity index (χ4n) is 2.27. The molecular formula is C16H14FN3O5. The molecule has 0 fully saturated rings. The molecule has 1 amide bonds. The van der Waals surface area contributed by atoms with Gasteiger partial charge in [-0.25, -0.2) is 0 Å². The van der Waals surface area contributed by atoms with E-state index in [0.717, 1.165) is 12.1 Å². The number of rotatable bonds is 5. The van der Waals surface area contributed by atoms with E-state index in [4.69, 9.17) is 9.47 Å². The SMILES string of the molecule is O=C(CNc1ccc(F)c([N+](=O)[O-])c1)Nc1ccc2c(c1)OCCO2. The first-order chi connectivity index (χ1) is 12.0. The average molecular weight is 347 g/mol. The van der Waals surface area contributed by atoms with Crippen LogP contribution in [0.1, 0.15) is 0 Å². The van der Waals surface area contributed by atoms with Gasteiger partial charge in [-0.1, -0.05) is 0 Å². The summed E-state index contributed by atoms with van der Waals surface area (Å²) in [6.45, 7) is 0.777. The van der Waals surface area contributed by atoms with Crippen molar-refractivity contribution in [2.75, 3.05) is 30.4 Å². The van der Waals surface area contributed by atoms with Crippen molar-refractivity contribution in [3.8, 4) is 11.5 Å². The van der Waals surface area contributed by atoms with Crippen molar-refractivity contribution in [2.24, 2.45) is 0 Å². The molecule has 0 radical (unpaired) electrons. The summed E-state index contributed by atoms with van der Waals surface area (Å²) in [6, 6.07) is 8.34. The zero-order valence-corrected chi connectivity index (χ0v) is 13.0. The average Bonchev–Trinajstić information content (AvgIpc) is 2.60. The lowest BCUT2D eigenvalue weighted by Crippen LogP contribution is -2.22. The molecule has 8 nitrogen and oxygen atoms in total. The largest absolute Gasteiger partial charge is 0.486 e. The first-order valence-corrected chi connectivity index (χ1v) is 7.40. The summed E-state index contributed by atoms with van der Waals surface area (Å²) in [4.78, 5) is 21.9. The van der Waals surface area contributed by atoms with Crippen LogP contribution in [0.25, 0.3) is 0 Å². The molecule has 0 saturated heterocycles. The van der Waals surface area contributed by atoms with E-state index in [1.807, 2.05) is 0 Å². The Morgan fingerprint density at radius 3 is 2.60 bits per heavy atom. The van der Waals surface area contributed by atoms with Gasteiger partial charge in [0.15, 0.2) is 11.5 Å². The highest BCUT2D eigenvalue weighted by atomic mass is 19.1. The molecule has 0 bridgehead atoms. The highest BCUT2D eigenvalue weighted by Gasteiger charge is 2.15. The minimum absolute atomic E-state index is 0.142. The van der Waals surface area contributed by atoms with Gasteiger partial charge in [-0.15, -0.1) is 0 Å². The molecule has 2 N–H and O–H groups in total. The van der Waals surface area contributed by atoms with Gasteiger partial charge < -0.3 is 20.1 Å². The van der Waals surface area contributed by atoms with Gasteiger partial charge in [-0.05, 0) is 24.3 Å². The van der Waals surface area contributed by atoms with E-state index in [-0.39, 0.29) is 18.1 Å². The number of carbonyl (C=O) groups excluding carboxylic acids is 1. The highest BCUT2D eigenvalue weighted by molar-refractivity contribution is 5.94. The Kier molecular flexibility index (Phi) is 4.64. The second-order valence-corrected chi connectivity index (χ2v) is 5.18. The van der Waals surface area contributed by atoms with Gasteiger partial charge in [0.05, 0.1) is 11.5 Å². The van der Waals surface area contributed by atoms with Crippen molar-refractivity contribution < 1.29 is 23.6 Å². The maximum atomic E-state index is 13.3. The van der Waals surface area contributed by atoms with Gasteiger partial charge in [0.2, 0.25) is 11.7 Å². The van der Waals surface area contributed by atoms with Crippen molar-refractivity contribution in [3.05, 3.63) is 52.3 Å². The zero-order chi connectivity index (χ0) is 17.8. The minimum atomic E-state index is -0.934. The lowest BCUT2D eigenvalue weighted by atomic mass is 10.2. The monoisotopic (exact) mass is 347 g/mol. The minimum Gasteiger partial charge on any atom is -0.486 e. The number of hydrogen-bond acceptors (Lipinski definition) is 6. The molecular weight excluding hydrogens is 333 g/mol. The predicted octanol–water partition coefficient (Wildman–Crippen LogP) is 2.56. The first-order valence-electron chi connectivity index (χ1n) is 7.40. The molecule has 0 saturated carbocycles. The third-order valence-corrected chi connectivity index (χ3v) is 3.42. The maximum Gasteiger partial charge on any atom is 0.306 e. The number of ether oxygens (including phenoxy) is 2. The highest BCUT2D eigenvalue weighted by Crippen LogP contribution is 2.32. The van der Waals surface area contributed by atoms with Crippen LogP contribution in [-0.2, 0) is 4.79 Å². The molecule has 1 heterocycles. The van der Waals surface area contributed by atoms with Gasteiger partial charge in [0, 0.05) is 23.5 Å². The van der Waals surface area contributed by atoms with Crippen LogP contribution in [0.3, 0.4) is 0 Å². The molecule has 1 aliphatic rings. The Morgan fingerprint density at radius 1 is 1.12 bits per heavy atom. The summed E-state index contributed by atoms with van der Waals surface area (Å²) in [6.07, 6.45) is 0. The van der Waals surface area contributed by atoms with E-state index in [0.29, 0.717) is 30.4 Å². The number of anilines is 2. The number of carbonyl (C=O) groups is 1. The number of nitrogens with zero attached hydrogens (tertiary/aromatic N) is 1. The smallest absolute Gasteiger partial charge is 0.306 e. The fraction of sp³-hybridized carbons (Fsp3) is 0.188. The molecule has 0 spiro atoms. The first kappa shape index (κ1) is 16.5. The van der Waals surface area contributed by atoms with Gasteiger partial charge in [-0.2, -0.15) is 4.39 Å². The Hall–Kier alpha value is -3.36. The Bertz CT molecular complexity index is 827. The van der Waals surface area contributed by atoms with Crippen LogP contribution >= 0.6 is 0 Å².